The van der Waals surface area contributed by atoms with Crippen molar-refractivity contribution < 1.29 is 28.7 Å². The lowest BCUT2D eigenvalue weighted by Gasteiger charge is -2.22. The molecule has 220 valence electrons. The van der Waals surface area contributed by atoms with E-state index in [2.05, 4.69) is 17.1 Å². The van der Waals surface area contributed by atoms with Gasteiger partial charge in [0, 0.05) is 23.4 Å². The summed E-state index contributed by atoms with van der Waals surface area (Å²) in [4.78, 5) is 38.7. The standard InChI is InChI=1S/C30H25FN4O6S2/c1-2-3-16-41-22-14-10-19(11-15-22)26(36)24-25(18-8-12-21(13-9-18)35(39)40)34(28(38)27(24)37)29-32-33-30(43-29)42-17-20-6-4-5-7-23(20)31/h4-15,25,36H,2-3,16-17H2,1H3/b26-24+. The van der Waals surface area contributed by atoms with Crippen molar-refractivity contribution in [2.24, 2.45) is 0 Å². The number of aliphatic hydroxyl groups is 1. The Balaban J connectivity index is 1.51. The number of non-ortho nitro benzene ring substituents is 1. The molecule has 1 aromatic heterocycles. The minimum Gasteiger partial charge on any atom is -0.507 e. The number of hydrogen-bond acceptors (Lipinski definition) is 10. The van der Waals surface area contributed by atoms with Gasteiger partial charge in [0.15, 0.2) is 4.34 Å². The van der Waals surface area contributed by atoms with Crippen LogP contribution in [0.3, 0.4) is 0 Å². The number of ketones is 1. The minimum absolute atomic E-state index is 0.0835. The number of benzene rings is 3. The van der Waals surface area contributed by atoms with E-state index in [1.54, 1.807) is 42.5 Å². The second-order valence-electron chi connectivity index (χ2n) is 9.47. The molecule has 13 heteroatoms. The normalized spacial score (nSPS) is 16.0. The van der Waals surface area contributed by atoms with Gasteiger partial charge in [0.25, 0.3) is 11.5 Å². The highest BCUT2D eigenvalue weighted by molar-refractivity contribution is 8.00. The summed E-state index contributed by atoms with van der Waals surface area (Å²) in [5, 5.41) is 31.0. The van der Waals surface area contributed by atoms with Gasteiger partial charge in [0.2, 0.25) is 5.13 Å². The van der Waals surface area contributed by atoms with Gasteiger partial charge in [-0.3, -0.25) is 24.6 Å². The van der Waals surface area contributed by atoms with Gasteiger partial charge in [-0.25, -0.2) is 4.39 Å². The van der Waals surface area contributed by atoms with Crippen LogP contribution in [-0.4, -0.2) is 38.5 Å². The van der Waals surface area contributed by atoms with E-state index < -0.39 is 28.4 Å². The van der Waals surface area contributed by atoms with E-state index >= 15 is 0 Å². The fourth-order valence-electron chi connectivity index (χ4n) is 4.44. The number of ether oxygens (including phenoxy) is 1. The quantitative estimate of drug-likeness (QED) is 0.0284. The molecule has 0 spiro atoms. The number of carbonyl (C=O) groups is 2. The number of nitro benzene ring substituents is 1. The van der Waals surface area contributed by atoms with Crippen LogP contribution in [0.4, 0.5) is 15.2 Å². The van der Waals surface area contributed by atoms with Crippen molar-refractivity contribution in [3.05, 3.63) is 111 Å². The molecular weight excluding hydrogens is 595 g/mol. The number of nitrogens with zero attached hydrogens (tertiary/aromatic N) is 4. The number of carbonyl (C=O) groups excluding carboxylic acids is 2. The molecule has 1 saturated heterocycles. The summed E-state index contributed by atoms with van der Waals surface area (Å²) >= 11 is 2.25. The van der Waals surface area contributed by atoms with E-state index in [1.165, 1.54) is 42.1 Å². The zero-order chi connectivity index (χ0) is 30.5. The molecule has 1 aliphatic heterocycles. The summed E-state index contributed by atoms with van der Waals surface area (Å²) in [5.74, 6) is -1.80. The van der Waals surface area contributed by atoms with Crippen LogP contribution >= 0.6 is 23.1 Å². The number of thioether (sulfide) groups is 1. The zero-order valence-corrected chi connectivity index (χ0v) is 24.4. The number of Topliss-reactive ketones (excluding diaryl/α,β-unsaturated/α-hetero) is 1. The summed E-state index contributed by atoms with van der Waals surface area (Å²) < 4.78 is 20.2. The first-order valence-corrected chi connectivity index (χ1v) is 15.1. The van der Waals surface area contributed by atoms with Crippen molar-refractivity contribution >= 4 is 51.4 Å². The van der Waals surface area contributed by atoms with Crippen molar-refractivity contribution in [1.82, 2.24) is 10.2 Å². The number of aliphatic hydroxyl groups excluding tert-OH is 1. The molecule has 1 aliphatic rings. The largest absolute Gasteiger partial charge is 0.507 e. The summed E-state index contributed by atoms with van der Waals surface area (Å²) in [6.07, 6.45) is 1.86. The maximum Gasteiger partial charge on any atom is 0.301 e. The van der Waals surface area contributed by atoms with Gasteiger partial charge in [0.05, 0.1) is 23.1 Å². The van der Waals surface area contributed by atoms with Crippen LogP contribution in [0, 0.1) is 15.9 Å². The third-order valence-electron chi connectivity index (χ3n) is 6.67. The highest BCUT2D eigenvalue weighted by Gasteiger charge is 2.48. The topological polar surface area (TPSA) is 136 Å². The Morgan fingerprint density at radius 2 is 1.81 bits per heavy atom. The van der Waals surface area contributed by atoms with E-state index in [0.29, 0.717) is 27.8 Å². The first-order valence-electron chi connectivity index (χ1n) is 13.3. The maximum absolute atomic E-state index is 14.1. The summed E-state index contributed by atoms with van der Waals surface area (Å²) in [7, 11) is 0. The number of halogens is 1. The van der Waals surface area contributed by atoms with Crippen LogP contribution in [0.1, 0.15) is 42.5 Å². The Kier molecular flexibility index (Phi) is 9.12. The number of amides is 1. The van der Waals surface area contributed by atoms with Gasteiger partial charge in [-0.1, -0.05) is 54.6 Å². The number of unbranched alkanes of at least 4 members (excludes halogenated alkanes) is 1. The molecule has 0 saturated carbocycles. The van der Waals surface area contributed by atoms with E-state index in [1.807, 2.05) is 0 Å². The molecule has 0 bridgehead atoms. The van der Waals surface area contributed by atoms with Gasteiger partial charge in [-0.2, -0.15) is 0 Å². The van der Waals surface area contributed by atoms with Gasteiger partial charge in [-0.05, 0) is 60.0 Å². The van der Waals surface area contributed by atoms with Crippen LogP contribution in [0.2, 0.25) is 0 Å². The maximum atomic E-state index is 14.1. The average molecular weight is 621 g/mol. The Bertz CT molecular complexity index is 1690. The Morgan fingerprint density at radius 1 is 1.09 bits per heavy atom. The molecule has 1 fully saturated rings. The first kappa shape index (κ1) is 29.9. The van der Waals surface area contributed by atoms with Crippen LogP contribution in [0.5, 0.6) is 5.75 Å². The van der Waals surface area contributed by atoms with Gasteiger partial charge in [0.1, 0.15) is 17.3 Å². The predicted molar refractivity (Wildman–Crippen MR) is 161 cm³/mol. The number of aromatic nitrogens is 2. The molecule has 1 unspecified atom stereocenters. The molecule has 5 rings (SSSR count). The van der Waals surface area contributed by atoms with Crippen molar-refractivity contribution in [3.63, 3.8) is 0 Å². The Morgan fingerprint density at radius 3 is 2.49 bits per heavy atom. The first-order chi connectivity index (χ1) is 20.8. The Labute approximate surface area is 254 Å². The van der Waals surface area contributed by atoms with E-state index in [-0.39, 0.29) is 33.5 Å². The van der Waals surface area contributed by atoms with E-state index in [0.717, 1.165) is 29.1 Å². The van der Waals surface area contributed by atoms with Crippen LogP contribution < -0.4 is 9.64 Å². The van der Waals surface area contributed by atoms with Gasteiger partial charge < -0.3 is 9.84 Å². The van der Waals surface area contributed by atoms with Crippen molar-refractivity contribution in [2.45, 2.75) is 35.9 Å². The number of rotatable bonds is 11. The fourth-order valence-corrected chi connectivity index (χ4v) is 6.29. The number of hydrogen-bond donors (Lipinski definition) is 1. The second kappa shape index (κ2) is 13.1. The molecule has 10 nitrogen and oxygen atoms in total. The second-order valence-corrected chi connectivity index (χ2v) is 11.7. The molecule has 3 aromatic carbocycles. The highest BCUT2D eigenvalue weighted by atomic mass is 32.2. The zero-order valence-electron chi connectivity index (χ0n) is 22.8. The molecule has 1 atom stereocenters. The highest BCUT2D eigenvalue weighted by Crippen LogP contribution is 2.44. The SMILES string of the molecule is CCCCOc1ccc(/C(O)=C2\C(=O)C(=O)N(c3nnc(SCc4ccccc4F)s3)C2c2ccc([N+](=O)[O-])cc2)cc1. The fraction of sp³-hybridized carbons (Fsp3) is 0.200. The molecule has 0 aliphatic carbocycles. The van der Waals surface area contributed by atoms with Crippen molar-refractivity contribution in [2.75, 3.05) is 11.5 Å². The molecule has 1 N–H and O–H groups in total. The van der Waals surface area contributed by atoms with E-state index in [9.17, 15) is 29.2 Å². The van der Waals surface area contributed by atoms with E-state index in [4.69, 9.17) is 4.74 Å². The molecule has 0 radical (unpaired) electrons. The number of anilines is 1. The predicted octanol–water partition coefficient (Wildman–Crippen LogP) is 6.68. The molecule has 1 amide bonds. The smallest absolute Gasteiger partial charge is 0.301 e. The summed E-state index contributed by atoms with van der Waals surface area (Å²) in [5.41, 5.74) is 0.724. The van der Waals surface area contributed by atoms with Crippen molar-refractivity contribution in [1.29, 1.82) is 0 Å². The molecule has 4 aromatic rings. The van der Waals surface area contributed by atoms with Gasteiger partial charge in [-0.15, -0.1) is 10.2 Å². The lowest BCUT2D eigenvalue weighted by Crippen LogP contribution is -2.29. The molecule has 43 heavy (non-hydrogen) atoms. The van der Waals surface area contributed by atoms with Crippen molar-refractivity contribution in [3.8, 4) is 5.75 Å². The third kappa shape index (κ3) is 6.42. The van der Waals surface area contributed by atoms with Crippen LogP contribution in [0.15, 0.2) is 82.7 Å². The van der Waals surface area contributed by atoms with Crippen LogP contribution in [0.25, 0.3) is 5.76 Å². The lowest BCUT2D eigenvalue weighted by molar-refractivity contribution is -0.384. The lowest BCUT2D eigenvalue weighted by atomic mass is 9.95. The summed E-state index contributed by atoms with van der Waals surface area (Å²) in [6, 6.07) is 17.0. The monoisotopic (exact) mass is 620 g/mol. The summed E-state index contributed by atoms with van der Waals surface area (Å²) in [6.45, 7) is 2.59. The molecular formula is C30H25FN4O6S2. The minimum atomic E-state index is -1.14. The van der Waals surface area contributed by atoms with Gasteiger partial charge >= 0.3 is 5.91 Å². The third-order valence-corrected chi connectivity index (χ3v) is 8.77. The number of nitro groups is 1. The molecule has 2 heterocycles. The van der Waals surface area contributed by atoms with Crippen LogP contribution in [-0.2, 0) is 15.3 Å². The Hall–Kier alpha value is -4.62. The average Bonchev–Trinajstić information content (AvgIpc) is 3.58.